The van der Waals surface area contributed by atoms with Crippen molar-refractivity contribution in [3.8, 4) is 5.75 Å². The molecule has 0 amide bonds. The van der Waals surface area contributed by atoms with Crippen LogP contribution in [0.25, 0.3) is 0 Å². The first-order valence-electron chi connectivity index (χ1n) is 6.92. The Morgan fingerprint density at radius 2 is 1.89 bits per heavy atom. The zero-order chi connectivity index (χ0) is 14.1. The van der Waals surface area contributed by atoms with Gasteiger partial charge in [-0.15, -0.1) is 0 Å². The third-order valence-electron chi connectivity index (χ3n) is 3.00. The van der Waals surface area contributed by atoms with Gasteiger partial charge in [-0.25, -0.2) is 0 Å². The predicted octanol–water partition coefficient (Wildman–Crippen LogP) is 4.36. The summed E-state index contributed by atoms with van der Waals surface area (Å²) in [5, 5.41) is 7.84. The minimum absolute atomic E-state index is 0.0179. The summed E-state index contributed by atoms with van der Waals surface area (Å²) in [5.41, 5.74) is 6.02. The SMILES string of the molecule is CCCCCCCCOc1ccc(C(=N)N)cc1Cl. The molecule has 19 heavy (non-hydrogen) atoms. The van der Waals surface area contributed by atoms with Gasteiger partial charge in [-0.1, -0.05) is 50.6 Å². The van der Waals surface area contributed by atoms with E-state index in [1.807, 2.05) is 0 Å². The highest BCUT2D eigenvalue weighted by Crippen LogP contribution is 2.25. The Hall–Kier alpha value is -1.22. The summed E-state index contributed by atoms with van der Waals surface area (Å²) < 4.78 is 5.63. The van der Waals surface area contributed by atoms with E-state index in [4.69, 9.17) is 27.5 Å². The highest BCUT2D eigenvalue weighted by molar-refractivity contribution is 6.32. The maximum Gasteiger partial charge on any atom is 0.137 e. The van der Waals surface area contributed by atoms with E-state index < -0.39 is 0 Å². The van der Waals surface area contributed by atoms with Gasteiger partial charge in [0.1, 0.15) is 11.6 Å². The number of benzene rings is 1. The van der Waals surface area contributed by atoms with Gasteiger partial charge in [-0.2, -0.15) is 0 Å². The molecule has 1 rings (SSSR count). The van der Waals surface area contributed by atoms with Crippen LogP contribution in [0.5, 0.6) is 5.75 Å². The van der Waals surface area contributed by atoms with Crippen LogP contribution < -0.4 is 10.5 Å². The van der Waals surface area contributed by atoms with Gasteiger partial charge in [0.15, 0.2) is 0 Å². The molecule has 0 atom stereocenters. The number of nitrogen functional groups attached to an aromatic ring is 1. The Morgan fingerprint density at radius 3 is 2.53 bits per heavy atom. The minimum Gasteiger partial charge on any atom is -0.492 e. The third-order valence-corrected chi connectivity index (χ3v) is 3.29. The molecule has 0 spiro atoms. The Bertz CT molecular complexity index is 407. The van der Waals surface area contributed by atoms with Crippen molar-refractivity contribution < 1.29 is 4.74 Å². The van der Waals surface area contributed by atoms with Gasteiger partial charge in [0, 0.05) is 5.56 Å². The fourth-order valence-corrected chi connectivity index (χ4v) is 2.09. The quantitative estimate of drug-likeness (QED) is 0.401. The van der Waals surface area contributed by atoms with Gasteiger partial charge in [0.2, 0.25) is 0 Å². The van der Waals surface area contributed by atoms with Crippen LogP contribution in [-0.4, -0.2) is 12.4 Å². The molecule has 4 heteroatoms. The monoisotopic (exact) mass is 282 g/mol. The van der Waals surface area contributed by atoms with Crippen LogP contribution in [0, 0.1) is 5.41 Å². The van der Waals surface area contributed by atoms with Crippen LogP contribution in [0.4, 0.5) is 0 Å². The van der Waals surface area contributed by atoms with Gasteiger partial charge in [-0.3, -0.25) is 5.41 Å². The largest absolute Gasteiger partial charge is 0.492 e. The molecule has 0 radical (unpaired) electrons. The molecular weight excluding hydrogens is 260 g/mol. The summed E-state index contributed by atoms with van der Waals surface area (Å²) >= 11 is 6.08. The molecule has 0 bridgehead atoms. The lowest BCUT2D eigenvalue weighted by molar-refractivity contribution is 0.304. The number of hydrogen-bond acceptors (Lipinski definition) is 2. The van der Waals surface area contributed by atoms with E-state index >= 15 is 0 Å². The Balaban J connectivity index is 2.28. The number of hydrogen-bond donors (Lipinski definition) is 2. The van der Waals surface area contributed by atoms with Crippen molar-refractivity contribution in [3.63, 3.8) is 0 Å². The van der Waals surface area contributed by atoms with E-state index in [1.165, 1.54) is 32.1 Å². The molecule has 0 unspecified atom stereocenters. The van der Waals surface area contributed by atoms with Gasteiger partial charge < -0.3 is 10.5 Å². The van der Waals surface area contributed by atoms with Crippen molar-refractivity contribution in [3.05, 3.63) is 28.8 Å². The molecule has 3 nitrogen and oxygen atoms in total. The van der Waals surface area contributed by atoms with Crippen LogP contribution >= 0.6 is 11.6 Å². The van der Waals surface area contributed by atoms with Gasteiger partial charge in [0.05, 0.1) is 11.6 Å². The molecule has 0 aromatic heterocycles. The summed E-state index contributed by atoms with van der Waals surface area (Å²) in [5.74, 6) is 0.685. The number of nitrogens with one attached hydrogen (secondary N) is 1. The van der Waals surface area contributed by atoms with Crippen molar-refractivity contribution in [1.29, 1.82) is 5.41 Å². The number of ether oxygens (including phenoxy) is 1. The number of rotatable bonds is 9. The van der Waals surface area contributed by atoms with Gasteiger partial charge in [0.25, 0.3) is 0 Å². The molecule has 0 saturated heterocycles. The number of unbranched alkanes of at least 4 members (excludes halogenated alkanes) is 5. The maximum atomic E-state index is 7.33. The van der Waals surface area contributed by atoms with Gasteiger partial charge >= 0.3 is 0 Å². The standard InChI is InChI=1S/C15H23ClN2O/c1-2-3-4-5-6-7-10-19-14-9-8-12(15(17)18)11-13(14)16/h8-9,11H,2-7,10H2,1H3,(H3,17,18). The molecule has 0 aliphatic rings. The second-order valence-corrected chi connectivity index (χ2v) is 5.08. The smallest absolute Gasteiger partial charge is 0.137 e. The molecule has 0 fully saturated rings. The molecule has 106 valence electrons. The second kappa shape index (κ2) is 8.81. The lowest BCUT2D eigenvalue weighted by Crippen LogP contribution is -2.10. The van der Waals surface area contributed by atoms with E-state index in [9.17, 15) is 0 Å². The summed E-state index contributed by atoms with van der Waals surface area (Å²) in [6.07, 6.45) is 7.42. The minimum atomic E-state index is 0.0179. The first-order valence-corrected chi connectivity index (χ1v) is 7.29. The Morgan fingerprint density at radius 1 is 1.21 bits per heavy atom. The summed E-state index contributed by atoms with van der Waals surface area (Å²) in [6, 6.07) is 5.20. The van der Waals surface area contributed by atoms with Crippen molar-refractivity contribution in [2.75, 3.05) is 6.61 Å². The van der Waals surface area contributed by atoms with Crippen LogP contribution in [0.1, 0.15) is 51.0 Å². The zero-order valence-electron chi connectivity index (χ0n) is 11.5. The second-order valence-electron chi connectivity index (χ2n) is 4.68. The first kappa shape index (κ1) is 15.8. The molecule has 1 aromatic rings. The highest BCUT2D eigenvalue weighted by Gasteiger charge is 2.04. The summed E-state index contributed by atoms with van der Waals surface area (Å²) in [4.78, 5) is 0. The van der Waals surface area contributed by atoms with Crippen LogP contribution in [0.15, 0.2) is 18.2 Å². The number of nitrogens with two attached hydrogens (primary N) is 1. The van der Waals surface area contributed by atoms with Crippen molar-refractivity contribution >= 4 is 17.4 Å². The Labute approximate surface area is 120 Å². The molecule has 3 N–H and O–H groups in total. The molecule has 0 aliphatic heterocycles. The molecule has 0 heterocycles. The van der Waals surface area contributed by atoms with E-state index in [2.05, 4.69) is 6.92 Å². The average molecular weight is 283 g/mol. The zero-order valence-corrected chi connectivity index (χ0v) is 12.3. The third kappa shape index (κ3) is 5.97. The van der Waals surface area contributed by atoms with Crippen molar-refractivity contribution in [2.24, 2.45) is 5.73 Å². The van der Waals surface area contributed by atoms with E-state index in [1.54, 1.807) is 18.2 Å². The van der Waals surface area contributed by atoms with Gasteiger partial charge in [-0.05, 0) is 24.6 Å². The Kier molecular flexibility index (Phi) is 7.34. The lowest BCUT2D eigenvalue weighted by Gasteiger charge is -2.09. The van der Waals surface area contributed by atoms with E-state index in [0.717, 1.165) is 6.42 Å². The molecule has 1 aromatic carbocycles. The van der Waals surface area contributed by atoms with Crippen LogP contribution in [0.2, 0.25) is 5.02 Å². The number of halogens is 1. The normalized spacial score (nSPS) is 10.4. The average Bonchev–Trinajstić information content (AvgIpc) is 2.39. The lowest BCUT2D eigenvalue weighted by atomic mass is 10.1. The molecule has 0 aliphatic carbocycles. The summed E-state index contributed by atoms with van der Waals surface area (Å²) in [7, 11) is 0. The van der Waals surface area contributed by atoms with Crippen LogP contribution in [0.3, 0.4) is 0 Å². The van der Waals surface area contributed by atoms with Crippen LogP contribution in [-0.2, 0) is 0 Å². The highest BCUT2D eigenvalue weighted by atomic mass is 35.5. The van der Waals surface area contributed by atoms with E-state index in [0.29, 0.717) is 22.9 Å². The fraction of sp³-hybridized carbons (Fsp3) is 0.533. The van der Waals surface area contributed by atoms with Crippen molar-refractivity contribution in [2.45, 2.75) is 45.4 Å². The van der Waals surface area contributed by atoms with Crippen molar-refractivity contribution in [1.82, 2.24) is 0 Å². The molecular formula is C15H23ClN2O. The first-order chi connectivity index (χ1) is 9.15. The summed E-state index contributed by atoms with van der Waals surface area (Å²) in [6.45, 7) is 2.90. The maximum absolute atomic E-state index is 7.33. The fourth-order valence-electron chi connectivity index (χ4n) is 1.85. The van der Waals surface area contributed by atoms with E-state index in [-0.39, 0.29) is 5.84 Å². The molecule has 0 saturated carbocycles. The predicted molar refractivity (Wildman–Crippen MR) is 81.3 cm³/mol. The number of amidine groups is 1. The topological polar surface area (TPSA) is 59.1 Å².